The van der Waals surface area contributed by atoms with E-state index in [4.69, 9.17) is 28.2 Å². The first-order valence-corrected chi connectivity index (χ1v) is 12.3. The molecule has 1 heterocycles. The van der Waals surface area contributed by atoms with Gasteiger partial charge in [-0.2, -0.15) is 0 Å². The molecule has 1 amide bonds. The molecule has 0 aliphatic rings. The summed E-state index contributed by atoms with van der Waals surface area (Å²) in [6.45, 7) is 0. The maximum Gasteiger partial charge on any atom is 0.344 e. The van der Waals surface area contributed by atoms with Gasteiger partial charge in [0, 0.05) is 16.6 Å². The Morgan fingerprint density at radius 1 is 0.784 bits per heavy atom. The van der Waals surface area contributed by atoms with Gasteiger partial charge in [0.05, 0.1) is 16.5 Å². The first-order valence-electron chi connectivity index (χ1n) is 11.5. The van der Waals surface area contributed by atoms with Crippen molar-refractivity contribution in [2.24, 2.45) is 0 Å². The maximum absolute atomic E-state index is 13.3. The van der Waals surface area contributed by atoms with Crippen LogP contribution in [0.15, 0.2) is 118 Å². The first-order chi connectivity index (χ1) is 18.0. The van der Waals surface area contributed by atoms with Crippen LogP contribution >= 0.6 is 23.8 Å². The Morgan fingerprint density at radius 2 is 1.41 bits per heavy atom. The van der Waals surface area contributed by atoms with Crippen molar-refractivity contribution in [2.75, 3.05) is 5.32 Å². The van der Waals surface area contributed by atoms with Crippen molar-refractivity contribution in [1.82, 2.24) is 5.32 Å². The third kappa shape index (κ3) is 5.45. The number of nitrogens with one attached hydrogen (secondary N) is 2. The summed E-state index contributed by atoms with van der Waals surface area (Å²) in [5.74, 6) is -0.786. The highest BCUT2D eigenvalue weighted by atomic mass is 35.5. The van der Waals surface area contributed by atoms with Gasteiger partial charge < -0.3 is 15.1 Å². The third-order valence-corrected chi connectivity index (χ3v) is 6.44. The van der Waals surface area contributed by atoms with E-state index in [0.717, 1.165) is 16.5 Å². The molecule has 0 radical (unpaired) electrons. The molecule has 0 saturated heterocycles. The number of anilines is 1. The van der Waals surface area contributed by atoms with Crippen molar-refractivity contribution in [2.45, 2.75) is 5.92 Å². The van der Waals surface area contributed by atoms with Crippen molar-refractivity contribution in [3.8, 4) is 11.1 Å². The summed E-state index contributed by atoms with van der Waals surface area (Å²) < 4.78 is 5.44. The van der Waals surface area contributed by atoms with Crippen LogP contribution in [0.1, 0.15) is 17.0 Å². The minimum absolute atomic E-state index is 0.135. The Bertz CT molecular complexity index is 1610. The molecule has 0 aliphatic carbocycles. The molecule has 0 saturated carbocycles. The summed E-state index contributed by atoms with van der Waals surface area (Å²) in [6.07, 6.45) is 0. The van der Waals surface area contributed by atoms with Crippen LogP contribution in [0.5, 0.6) is 0 Å². The SMILES string of the molecule is O=C(NC(=S)Nc1ccc(-c2cc3ccccc3oc2=O)c(Cl)c1)C(c1ccccc1)c1ccccc1. The lowest BCUT2D eigenvalue weighted by Crippen LogP contribution is -2.37. The van der Waals surface area contributed by atoms with Crippen LogP contribution in [0.3, 0.4) is 0 Å². The van der Waals surface area contributed by atoms with Gasteiger partial charge in [0.2, 0.25) is 5.91 Å². The van der Waals surface area contributed by atoms with Gasteiger partial charge in [-0.1, -0.05) is 96.5 Å². The van der Waals surface area contributed by atoms with Gasteiger partial charge in [-0.3, -0.25) is 4.79 Å². The second kappa shape index (κ2) is 10.8. The second-order valence-corrected chi connectivity index (χ2v) is 9.19. The topological polar surface area (TPSA) is 71.3 Å². The lowest BCUT2D eigenvalue weighted by Gasteiger charge is -2.19. The van der Waals surface area contributed by atoms with Crippen LogP contribution < -0.4 is 16.3 Å². The smallest absolute Gasteiger partial charge is 0.344 e. The zero-order valence-corrected chi connectivity index (χ0v) is 21.1. The molecule has 4 aromatic carbocycles. The van der Waals surface area contributed by atoms with Gasteiger partial charge >= 0.3 is 5.63 Å². The number of halogens is 1. The average molecular weight is 525 g/mol. The number of benzene rings is 4. The number of fused-ring (bicyclic) bond motifs is 1. The van der Waals surface area contributed by atoms with Crippen LogP contribution in [-0.4, -0.2) is 11.0 Å². The number of rotatable bonds is 5. The van der Waals surface area contributed by atoms with E-state index in [-0.39, 0.29) is 11.0 Å². The van der Waals surface area contributed by atoms with Crippen LogP contribution in [0, 0.1) is 0 Å². The zero-order chi connectivity index (χ0) is 25.8. The van der Waals surface area contributed by atoms with E-state index < -0.39 is 11.5 Å². The molecule has 0 bridgehead atoms. The number of hydrogen-bond donors (Lipinski definition) is 2. The maximum atomic E-state index is 13.3. The summed E-state index contributed by atoms with van der Waals surface area (Å²) in [5, 5.41) is 7.07. The number of thiocarbonyl (C=S) groups is 1. The predicted molar refractivity (Wildman–Crippen MR) is 152 cm³/mol. The molecule has 2 N–H and O–H groups in total. The Labute approximate surface area is 223 Å². The normalized spacial score (nSPS) is 10.9. The van der Waals surface area contributed by atoms with Gasteiger partial charge in [-0.25, -0.2) is 4.79 Å². The number of para-hydroxylation sites is 1. The summed E-state index contributed by atoms with van der Waals surface area (Å²) in [4.78, 5) is 25.8. The summed E-state index contributed by atoms with van der Waals surface area (Å²) in [6, 6.07) is 33.2. The van der Waals surface area contributed by atoms with Gasteiger partial charge in [0.15, 0.2) is 5.11 Å². The van der Waals surface area contributed by atoms with Gasteiger partial charge in [0.1, 0.15) is 5.58 Å². The van der Waals surface area contributed by atoms with Crippen molar-refractivity contribution in [3.05, 3.63) is 136 Å². The molecule has 1 aromatic heterocycles. The fraction of sp³-hybridized carbons (Fsp3) is 0.0333. The van der Waals surface area contributed by atoms with Crippen molar-refractivity contribution in [1.29, 1.82) is 0 Å². The largest absolute Gasteiger partial charge is 0.422 e. The van der Waals surface area contributed by atoms with E-state index in [1.54, 1.807) is 30.3 Å². The van der Waals surface area contributed by atoms with Gasteiger partial charge in [-0.05, 0) is 47.6 Å². The van der Waals surface area contributed by atoms with Gasteiger partial charge in [-0.15, -0.1) is 0 Å². The molecule has 182 valence electrons. The fourth-order valence-corrected chi connectivity index (χ4v) is 4.69. The van der Waals surface area contributed by atoms with Gasteiger partial charge in [0.25, 0.3) is 0 Å². The average Bonchev–Trinajstić information content (AvgIpc) is 2.90. The monoisotopic (exact) mass is 524 g/mol. The Balaban J connectivity index is 1.34. The lowest BCUT2D eigenvalue weighted by atomic mass is 9.90. The molecule has 0 unspecified atom stereocenters. The molecule has 0 atom stereocenters. The van der Waals surface area contributed by atoms with E-state index in [1.165, 1.54) is 0 Å². The Morgan fingerprint density at radius 3 is 2.05 bits per heavy atom. The molecule has 0 aliphatic heterocycles. The highest BCUT2D eigenvalue weighted by Gasteiger charge is 2.23. The van der Waals surface area contributed by atoms with Crippen LogP contribution in [0.2, 0.25) is 5.02 Å². The molecule has 0 fully saturated rings. The molecular formula is C30H21ClN2O3S. The fourth-order valence-electron chi connectivity index (χ4n) is 4.19. The number of carbonyl (C=O) groups excluding carboxylic acids is 1. The first kappa shape index (κ1) is 24.4. The van der Waals surface area contributed by atoms with E-state index in [1.807, 2.05) is 78.9 Å². The van der Waals surface area contributed by atoms with Crippen molar-refractivity contribution < 1.29 is 9.21 Å². The molecule has 5 rings (SSSR count). The quantitative estimate of drug-likeness (QED) is 0.196. The molecule has 5 nitrogen and oxygen atoms in total. The van der Waals surface area contributed by atoms with E-state index in [0.29, 0.717) is 27.4 Å². The standard InChI is InChI=1S/C30H21ClN2O3S/c31-25-18-22(15-16-23(25)24-17-21-13-7-8-14-26(21)36-29(24)35)32-30(37)33-28(34)27(19-9-3-1-4-10-19)20-11-5-2-6-12-20/h1-18,27H,(H2,32,33,34,37). The minimum atomic E-state index is -0.528. The molecule has 5 aromatic rings. The zero-order valence-electron chi connectivity index (χ0n) is 19.5. The summed E-state index contributed by atoms with van der Waals surface area (Å²) in [7, 11) is 0. The highest BCUT2D eigenvalue weighted by Crippen LogP contribution is 2.30. The molecule has 7 heteroatoms. The lowest BCUT2D eigenvalue weighted by molar-refractivity contribution is -0.120. The summed E-state index contributed by atoms with van der Waals surface area (Å²) >= 11 is 12.0. The number of carbonyl (C=O) groups is 1. The molecule has 37 heavy (non-hydrogen) atoms. The van der Waals surface area contributed by atoms with Crippen molar-refractivity contribution >= 4 is 51.5 Å². The number of hydrogen-bond acceptors (Lipinski definition) is 4. The highest BCUT2D eigenvalue weighted by molar-refractivity contribution is 7.80. The minimum Gasteiger partial charge on any atom is -0.422 e. The number of amides is 1. The third-order valence-electron chi connectivity index (χ3n) is 5.92. The van der Waals surface area contributed by atoms with E-state index in [9.17, 15) is 9.59 Å². The Hall–Kier alpha value is -4.26. The Kier molecular flexibility index (Phi) is 7.12. The molecule has 0 spiro atoms. The molecular weight excluding hydrogens is 504 g/mol. The van der Waals surface area contributed by atoms with Crippen LogP contribution in [0.25, 0.3) is 22.1 Å². The van der Waals surface area contributed by atoms with Crippen molar-refractivity contribution in [3.63, 3.8) is 0 Å². The predicted octanol–water partition coefficient (Wildman–Crippen LogP) is 6.76. The van der Waals surface area contributed by atoms with E-state index >= 15 is 0 Å². The summed E-state index contributed by atoms with van der Waals surface area (Å²) in [5.41, 5.74) is 3.22. The van der Waals surface area contributed by atoms with Crippen LogP contribution in [0.4, 0.5) is 5.69 Å². The second-order valence-electron chi connectivity index (χ2n) is 8.38. The van der Waals surface area contributed by atoms with E-state index in [2.05, 4.69) is 10.6 Å². The van der Waals surface area contributed by atoms with Crippen LogP contribution in [-0.2, 0) is 4.79 Å².